The zero-order valence-electron chi connectivity index (χ0n) is 14.6. The molecule has 0 heterocycles. The largest absolute Gasteiger partial charge is 0.372 e. The van der Waals surface area contributed by atoms with Crippen LogP contribution in [0.3, 0.4) is 0 Å². The van der Waals surface area contributed by atoms with Crippen LogP contribution in [0.25, 0.3) is 0 Å². The van der Waals surface area contributed by atoms with E-state index >= 15 is 0 Å². The summed E-state index contributed by atoms with van der Waals surface area (Å²) in [5.74, 6) is -0.00237. The van der Waals surface area contributed by atoms with E-state index in [1.807, 2.05) is 27.1 Å². The molecule has 1 aromatic rings. The number of likely N-dealkylation sites (N-methyl/N-ethyl adjacent to an activating group) is 1. The van der Waals surface area contributed by atoms with Gasteiger partial charge in [0.05, 0.1) is 6.54 Å². The molecule has 2 N–H and O–H groups in total. The monoisotopic (exact) mass is 306 g/mol. The van der Waals surface area contributed by atoms with Crippen molar-refractivity contribution >= 4 is 17.3 Å². The first kappa shape index (κ1) is 18.5. The minimum atomic E-state index is -0.00237. The fraction of sp³-hybridized carbons (Fsp3) is 0.588. The molecule has 0 aromatic heterocycles. The number of anilines is 2. The van der Waals surface area contributed by atoms with Crippen molar-refractivity contribution in [3.8, 4) is 0 Å². The fourth-order valence-corrected chi connectivity index (χ4v) is 2.27. The Kier molecular flexibility index (Phi) is 7.91. The fourth-order valence-electron chi connectivity index (χ4n) is 2.27. The van der Waals surface area contributed by atoms with Gasteiger partial charge >= 0.3 is 0 Å². The molecule has 0 bridgehead atoms. The molecule has 5 nitrogen and oxygen atoms in total. The van der Waals surface area contributed by atoms with Crippen molar-refractivity contribution in [2.75, 3.05) is 57.0 Å². The summed E-state index contributed by atoms with van der Waals surface area (Å²) in [6.07, 6.45) is 0. The van der Waals surface area contributed by atoms with E-state index in [9.17, 15) is 4.79 Å². The van der Waals surface area contributed by atoms with Gasteiger partial charge in [-0.25, -0.2) is 0 Å². The Labute approximate surface area is 134 Å². The first-order valence-corrected chi connectivity index (χ1v) is 7.98. The highest BCUT2D eigenvalue weighted by Crippen LogP contribution is 2.22. The maximum atomic E-state index is 11.9. The molecular weight excluding hydrogens is 276 g/mol. The van der Waals surface area contributed by atoms with Crippen molar-refractivity contribution in [2.45, 2.75) is 20.8 Å². The van der Waals surface area contributed by atoms with E-state index in [0.29, 0.717) is 6.54 Å². The standard InChI is InChI=1S/C17H30N4O/c1-6-21(7-2)15-8-9-16(14(3)12-15)19-17(22)13-18-10-11-20(4)5/h8-9,12,18H,6-7,10-11,13H2,1-5H3,(H,19,22). The molecule has 1 amide bonds. The molecular formula is C17H30N4O. The number of hydrogen-bond acceptors (Lipinski definition) is 4. The van der Waals surface area contributed by atoms with Crippen LogP contribution in [0.4, 0.5) is 11.4 Å². The molecule has 0 aliphatic rings. The van der Waals surface area contributed by atoms with E-state index in [2.05, 4.69) is 46.4 Å². The van der Waals surface area contributed by atoms with Crippen LogP contribution in [0.1, 0.15) is 19.4 Å². The Morgan fingerprint density at radius 2 is 1.86 bits per heavy atom. The highest BCUT2D eigenvalue weighted by molar-refractivity contribution is 5.93. The van der Waals surface area contributed by atoms with E-state index in [-0.39, 0.29) is 5.91 Å². The summed E-state index contributed by atoms with van der Waals surface area (Å²) < 4.78 is 0. The zero-order valence-corrected chi connectivity index (χ0v) is 14.6. The number of hydrogen-bond donors (Lipinski definition) is 2. The van der Waals surface area contributed by atoms with Crippen molar-refractivity contribution in [3.05, 3.63) is 23.8 Å². The van der Waals surface area contributed by atoms with E-state index in [1.165, 1.54) is 5.69 Å². The maximum absolute atomic E-state index is 11.9. The predicted octanol–water partition coefficient (Wildman–Crippen LogP) is 1.93. The van der Waals surface area contributed by atoms with Gasteiger partial charge in [0.15, 0.2) is 0 Å². The maximum Gasteiger partial charge on any atom is 0.238 e. The van der Waals surface area contributed by atoms with Crippen LogP contribution >= 0.6 is 0 Å². The van der Waals surface area contributed by atoms with Crippen LogP contribution in [0.5, 0.6) is 0 Å². The highest BCUT2D eigenvalue weighted by Gasteiger charge is 2.07. The smallest absolute Gasteiger partial charge is 0.238 e. The zero-order chi connectivity index (χ0) is 16.5. The van der Waals surface area contributed by atoms with Crippen molar-refractivity contribution in [1.82, 2.24) is 10.2 Å². The van der Waals surface area contributed by atoms with Crippen LogP contribution in [-0.4, -0.2) is 57.6 Å². The summed E-state index contributed by atoms with van der Waals surface area (Å²) >= 11 is 0. The third-order valence-electron chi connectivity index (χ3n) is 3.63. The average molecular weight is 306 g/mol. The van der Waals surface area contributed by atoms with E-state index in [4.69, 9.17) is 0 Å². The Morgan fingerprint density at radius 1 is 1.18 bits per heavy atom. The molecule has 124 valence electrons. The summed E-state index contributed by atoms with van der Waals surface area (Å²) in [6, 6.07) is 6.18. The second kappa shape index (κ2) is 9.43. The SMILES string of the molecule is CCN(CC)c1ccc(NC(=O)CNCCN(C)C)c(C)c1. The van der Waals surface area contributed by atoms with Gasteiger partial charge in [0.2, 0.25) is 5.91 Å². The number of carbonyl (C=O) groups excluding carboxylic acids is 1. The van der Waals surface area contributed by atoms with Gasteiger partial charge in [-0.05, 0) is 58.6 Å². The van der Waals surface area contributed by atoms with Gasteiger partial charge in [0, 0.05) is 37.6 Å². The minimum absolute atomic E-state index is 0.00237. The lowest BCUT2D eigenvalue weighted by Crippen LogP contribution is -2.33. The Balaban J connectivity index is 2.53. The quantitative estimate of drug-likeness (QED) is 0.685. The summed E-state index contributed by atoms with van der Waals surface area (Å²) in [6.45, 7) is 10.4. The molecule has 5 heteroatoms. The molecule has 22 heavy (non-hydrogen) atoms. The normalized spacial score (nSPS) is 10.8. The number of nitrogens with one attached hydrogen (secondary N) is 2. The number of rotatable bonds is 9. The molecule has 0 saturated heterocycles. The second-order valence-electron chi connectivity index (χ2n) is 5.70. The molecule has 0 atom stereocenters. The number of amides is 1. The van der Waals surface area contributed by atoms with E-state index in [0.717, 1.165) is 37.4 Å². The van der Waals surface area contributed by atoms with E-state index < -0.39 is 0 Å². The van der Waals surface area contributed by atoms with E-state index in [1.54, 1.807) is 0 Å². The Morgan fingerprint density at radius 3 is 2.41 bits per heavy atom. The van der Waals surface area contributed by atoms with Crippen molar-refractivity contribution < 1.29 is 4.79 Å². The van der Waals surface area contributed by atoms with Crippen molar-refractivity contribution in [2.24, 2.45) is 0 Å². The van der Waals surface area contributed by atoms with Gasteiger partial charge in [-0.15, -0.1) is 0 Å². The van der Waals surface area contributed by atoms with Crippen LogP contribution in [0.15, 0.2) is 18.2 Å². The first-order valence-electron chi connectivity index (χ1n) is 7.98. The lowest BCUT2D eigenvalue weighted by molar-refractivity contribution is -0.115. The lowest BCUT2D eigenvalue weighted by Gasteiger charge is -2.22. The molecule has 0 aliphatic carbocycles. The van der Waals surface area contributed by atoms with Crippen molar-refractivity contribution in [3.63, 3.8) is 0 Å². The molecule has 1 rings (SSSR count). The lowest BCUT2D eigenvalue weighted by atomic mass is 10.1. The minimum Gasteiger partial charge on any atom is -0.372 e. The number of aryl methyl sites for hydroxylation is 1. The predicted molar refractivity (Wildman–Crippen MR) is 94.8 cm³/mol. The van der Waals surface area contributed by atoms with Gasteiger partial charge < -0.3 is 20.4 Å². The number of carbonyl (C=O) groups is 1. The summed E-state index contributed by atoms with van der Waals surface area (Å²) in [4.78, 5) is 16.3. The van der Waals surface area contributed by atoms with Gasteiger partial charge in [0.25, 0.3) is 0 Å². The third-order valence-corrected chi connectivity index (χ3v) is 3.63. The summed E-state index contributed by atoms with van der Waals surface area (Å²) in [5, 5.41) is 6.11. The molecule has 0 spiro atoms. The number of nitrogens with zero attached hydrogens (tertiary/aromatic N) is 2. The van der Waals surface area contributed by atoms with Crippen LogP contribution in [-0.2, 0) is 4.79 Å². The molecule has 1 aromatic carbocycles. The van der Waals surface area contributed by atoms with Crippen molar-refractivity contribution in [1.29, 1.82) is 0 Å². The van der Waals surface area contributed by atoms with Crippen LogP contribution < -0.4 is 15.5 Å². The molecule has 0 aliphatic heterocycles. The Bertz CT molecular complexity index is 470. The van der Waals surface area contributed by atoms with Gasteiger partial charge in [-0.2, -0.15) is 0 Å². The van der Waals surface area contributed by atoms with Crippen LogP contribution in [0, 0.1) is 6.92 Å². The van der Waals surface area contributed by atoms with Gasteiger partial charge in [-0.1, -0.05) is 0 Å². The first-order chi connectivity index (χ1) is 10.5. The average Bonchev–Trinajstić information content (AvgIpc) is 2.47. The van der Waals surface area contributed by atoms with Gasteiger partial charge in [-0.3, -0.25) is 4.79 Å². The Hall–Kier alpha value is -1.59. The number of benzene rings is 1. The third kappa shape index (κ3) is 6.03. The summed E-state index contributed by atoms with van der Waals surface area (Å²) in [7, 11) is 4.03. The summed E-state index contributed by atoms with van der Waals surface area (Å²) in [5.41, 5.74) is 3.17. The molecule has 0 fully saturated rings. The second-order valence-corrected chi connectivity index (χ2v) is 5.70. The highest BCUT2D eigenvalue weighted by atomic mass is 16.1. The molecule has 0 radical (unpaired) electrons. The molecule has 0 saturated carbocycles. The van der Waals surface area contributed by atoms with Crippen LogP contribution in [0.2, 0.25) is 0 Å². The topological polar surface area (TPSA) is 47.6 Å². The molecule has 0 unspecified atom stereocenters. The van der Waals surface area contributed by atoms with Gasteiger partial charge in [0.1, 0.15) is 0 Å².